The number of hydrogen-bond donors (Lipinski definition) is 1. The number of carbonyl (C=O) groups is 2. The normalized spacial score (nSPS) is 16.3. The topological polar surface area (TPSA) is 88.3 Å². The molecule has 1 aliphatic rings. The van der Waals surface area contributed by atoms with E-state index in [1.54, 1.807) is 17.0 Å². The van der Waals surface area contributed by atoms with Crippen LogP contribution >= 0.6 is 0 Å². The van der Waals surface area contributed by atoms with Crippen molar-refractivity contribution in [3.8, 4) is 11.5 Å². The lowest BCUT2D eigenvalue weighted by Crippen LogP contribution is -2.28. The molecule has 0 aliphatic carbocycles. The molecule has 0 spiro atoms. The van der Waals surface area contributed by atoms with Gasteiger partial charge in [0, 0.05) is 36.3 Å². The summed E-state index contributed by atoms with van der Waals surface area (Å²) in [6, 6.07) is 15.0. The number of benzene rings is 2. The summed E-state index contributed by atoms with van der Waals surface area (Å²) in [6.45, 7) is 4.32. The van der Waals surface area contributed by atoms with Gasteiger partial charge in [-0.1, -0.05) is 24.2 Å². The maximum Gasteiger partial charge on any atom is 0.257 e. The van der Waals surface area contributed by atoms with E-state index in [9.17, 15) is 9.59 Å². The molecular formula is C22H22N4O3. The van der Waals surface area contributed by atoms with E-state index >= 15 is 0 Å². The highest BCUT2D eigenvalue weighted by Crippen LogP contribution is 2.27. The Morgan fingerprint density at radius 1 is 1.24 bits per heavy atom. The van der Waals surface area contributed by atoms with Gasteiger partial charge >= 0.3 is 0 Å². The summed E-state index contributed by atoms with van der Waals surface area (Å²) in [5.74, 6) is 0.531. The van der Waals surface area contributed by atoms with Gasteiger partial charge in [-0.2, -0.15) is 4.98 Å². The molecule has 29 heavy (non-hydrogen) atoms. The molecule has 1 unspecified atom stereocenters. The molecule has 0 saturated carbocycles. The Kier molecular flexibility index (Phi) is 5.12. The van der Waals surface area contributed by atoms with Crippen LogP contribution in [0.5, 0.6) is 0 Å². The lowest BCUT2D eigenvalue weighted by Gasteiger charge is -2.17. The van der Waals surface area contributed by atoms with Crippen molar-refractivity contribution in [1.29, 1.82) is 0 Å². The Morgan fingerprint density at radius 3 is 2.72 bits per heavy atom. The van der Waals surface area contributed by atoms with Gasteiger partial charge in [-0.15, -0.1) is 0 Å². The van der Waals surface area contributed by atoms with Crippen molar-refractivity contribution in [2.24, 2.45) is 5.92 Å². The Bertz CT molecular complexity index is 1040. The average molecular weight is 390 g/mol. The lowest BCUT2D eigenvalue weighted by molar-refractivity contribution is -0.122. The Hall–Kier alpha value is -3.48. The lowest BCUT2D eigenvalue weighted by atomic mass is 10.1. The zero-order valence-electron chi connectivity index (χ0n) is 16.4. The molecule has 1 atom stereocenters. The van der Waals surface area contributed by atoms with E-state index in [-0.39, 0.29) is 24.2 Å². The van der Waals surface area contributed by atoms with E-state index < -0.39 is 0 Å². The first-order valence-electron chi connectivity index (χ1n) is 9.64. The van der Waals surface area contributed by atoms with Crippen molar-refractivity contribution < 1.29 is 14.1 Å². The van der Waals surface area contributed by atoms with Gasteiger partial charge in [-0.25, -0.2) is 0 Å². The second-order valence-corrected chi connectivity index (χ2v) is 7.18. The van der Waals surface area contributed by atoms with Gasteiger partial charge in [-0.05, 0) is 48.9 Å². The largest absolute Gasteiger partial charge is 0.334 e. The fourth-order valence-electron chi connectivity index (χ4n) is 3.38. The molecule has 1 saturated heterocycles. The summed E-state index contributed by atoms with van der Waals surface area (Å²) in [4.78, 5) is 31.1. The predicted molar refractivity (Wildman–Crippen MR) is 109 cm³/mol. The van der Waals surface area contributed by atoms with Crippen molar-refractivity contribution in [2.45, 2.75) is 26.7 Å². The average Bonchev–Trinajstić information content (AvgIpc) is 3.35. The maximum atomic E-state index is 12.7. The minimum atomic E-state index is -0.384. The van der Waals surface area contributed by atoms with E-state index in [0.717, 1.165) is 16.8 Å². The summed E-state index contributed by atoms with van der Waals surface area (Å²) in [6.07, 6.45) is 0.914. The number of nitrogens with one attached hydrogen (secondary N) is 1. The zero-order chi connectivity index (χ0) is 20.4. The first-order chi connectivity index (χ1) is 14.0. The molecular weight excluding hydrogens is 368 g/mol. The second kappa shape index (κ2) is 7.87. The van der Waals surface area contributed by atoms with Gasteiger partial charge in [0.25, 0.3) is 5.89 Å². The summed E-state index contributed by atoms with van der Waals surface area (Å²) in [7, 11) is 0. The van der Waals surface area contributed by atoms with E-state index in [0.29, 0.717) is 30.4 Å². The second-order valence-electron chi connectivity index (χ2n) is 7.18. The van der Waals surface area contributed by atoms with Crippen molar-refractivity contribution in [3.05, 3.63) is 59.9 Å². The first-order valence-corrected chi connectivity index (χ1v) is 9.64. The Morgan fingerprint density at radius 2 is 2.03 bits per heavy atom. The van der Waals surface area contributed by atoms with Crippen LogP contribution in [0.25, 0.3) is 11.5 Å². The molecule has 4 rings (SSSR count). The molecule has 1 aliphatic heterocycles. The fourth-order valence-corrected chi connectivity index (χ4v) is 3.38. The van der Waals surface area contributed by atoms with Gasteiger partial charge in [0.05, 0.1) is 5.92 Å². The maximum absolute atomic E-state index is 12.7. The van der Waals surface area contributed by atoms with Crippen LogP contribution in [0.2, 0.25) is 0 Å². The highest BCUT2D eigenvalue weighted by molar-refractivity contribution is 6.03. The molecule has 7 heteroatoms. The number of nitrogens with zero attached hydrogens (tertiary/aromatic N) is 3. The van der Waals surface area contributed by atoms with Crippen molar-refractivity contribution in [1.82, 2.24) is 10.1 Å². The van der Waals surface area contributed by atoms with Gasteiger partial charge in [-0.3, -0.25) is 9.59 Å². The molecule has 1 aromatic heterocycles. The fraction of sp³-hybridized carbons (Fsp3) is 0.273. The molecule has 2 amide bonds. The van der Waals surface area contributed by atoms with E-state index in [1.165, 1.54) is 0 Å². The molecule has 0 radical (unpaired) electrons. The molecule has 7 nitrogen and oxygen atoms in total. The number of aryl methyl sites for hydroxylation is 2. The Balaban J connectivity index is 1.41. The molecule has 0 bridgehead atoms. The number of carbonyl (C=O) groups excluding carboxylic acids is 2. The number of rotatable bonds is 5. The third-order valence-corrected chi connectivity index (χ3v) is 4.99. The third-order valence-electron chi connectivity index (χ3n) is 4.99. The van der Waals surface area contributed by atoms with Crippen LogP contribution in [0.15, 0.2) is 53.1 Å². The van der Waals surface area contributed by atoms with Gasteiger partial charge < -0.3 is 14.7 Å². The van der Waals surface area contributed by atoms with Crippen molar-refractivity contribution in [3.63, 3.8) is 0 Å². The summed E-state index contributed by atoms with van der Waals surface area (Å²) >= 11 is 0. The van der Waals surface area contributed by atoms with Crippen LogP contribution in [0.1, 0.15) is 24.7 Å². The van der Waals surface area contributed by atoms with E-state index in [2.05, 4.69) is 15.5 Å². The smallest absolute Gasteiger partial charge is 0.257 e. The molecule has 1 N–H and O–H groups in total. The van der Waals surface area contributed by atoms with Crippen LogP contribution in [0.3, 0.4) is 0 Å². The van der Waals surface area contributed by atoms with Gasteiger partial charge in [0.2, 0.25) is 11.8 Å². The highest BCUT2D eigenvalue weighted by atomic mass is 16.5. The molecule has 148 valence electrons. The van der Waals surface area contributed by atoms with E-state index in [4.69, 9.17) is 4.52 Å². The number of hydrogen-bond acceptors (Lipinski definition) is 5. The molecule has 2 heterocycles. The third kappa shape index (κ3) is 4.03. The van der Waals surface area contributed by atoms with E-state index in [1.807, 2.05) is 50.2 Å². The minimum Gasteiger partial charge on any atom is -0.334 e. The highest BCUT2D eigenvalue weighted by Gasteiger charge is 2.35. The van der Waals surface area contributed by atoms with Crippen molar-refractivity contribution in [2.75, 3.05) is 16.8 Å². The van der Waals surface area contributed by atoms with Crippen LogP contribution < -0.4 is 10.2 Å². The van der Waals surface area contributed by atoms with Gasteiger partial charge in [0.1, 0.15) is 0 Å². The summed E-state index contributed by atoms with van der Waals surface area (Å²) in [5, 5.41) is 6.78. The summed E-state index contributed by atoms with van der Waals surface area (Å²) in [5.41, 5.74) is 3.36. The number of anilines is 2. The monoisotopic (exact) mass is 390 g/mol. The molecule has 1 fully saturated rings. The SMILES string of the molecule is CCc1noc(-c2ccc(NC(=O)C3CC(=O)N(c4cccc(C)c4)C3)cc2)n1. The Labute approximate surface area is 168 Å². The number of amides is 2. The van der Waals surface area contributed by atoms with Crippen LogP contribution in [-0.2, 0) is 16.0 Å². The zero-order valence-corrected chi connectivity index (χ0v) is 16.4. The minimum absolute atomic E-state index is 0.0331. The quantitative estimate of drug-likeness (QED) is 0.719. The van der Waals surface area contributed by atoms with Crippen LogP contribution in [0, 0.1) is 12.8 Å². The van der Waals surface area contributed by atoms with Crippen LogP contribution in [0.4, 0.5) is 11.4 Å². The molecule has 3 aromatic rings. The molecule has 2 aromatic carbocycles. The first kappa shape index (κ1) is 18.9. The number of aromatic nitrogens is 2. The van der Waals surface area contributed by atoms with Gasteiger partial charge in [0.15, 0.2) is 5.82 Å². The predicted octanol–water partition coefficient (Wildman–Crippen LogP) is 3.60. The standard InChI is InChI=1S/C22H22N4O3/c1-3-19-24-22(29-25-19)15-7-9-17(10-8-15)23-21(28)16-12-20(27)26(13-16)18-6-4-5-14(2)11-18/h4-11,16H,3,12-13H2,1-2H3,(H,23,28). The summed E-state index contributed by atoms with van der Waals surface area (Å²) < 4.78 is 5.23. The van der Waals surface area contributed by atoms with Crippen LogP contribution in [-0.4, -0.2) is 28.5 Å². The van der Waals surface area contributed by atoms with Crippen molar-refractivity contribution >= 4 is 23.2 Å².